The Bertz CT molecular complexity index is 448. The van der Waals surface area contributed by atoms with Gasteiger partial charge in [-0.1, -0.05) is 6.92 Å². The number of hydrogen-bond acceptors (Lipinski definition) is 5. The molecule has 7 nitrogen and oxygen atoms in total. The molecule has 0 aliphatic heterocycles. The molecule has 0 aromatic carbocycles. The molecule has 0 radical (unpaired) electrons. The van der Waals surface area contributed by atoms with Crippen LogP contribution in [0.5, 0.6) is 5.75 Å². The molecule has 0 unspecified atom stereocenters. The summed E-state index contributed by atoms with van der Waals surface area (Å²) in [4.78, 5) is 22.9. The van der Waals surface area contributed by atoms with Crippen LogP contribution in [0.25, 0.3) is 0 Å². The lowest BCUT2D eigenvalue weighted by Gasteiger charge is -2.19. The van der Waals surface area contributed by atoms with Gasteiger partial charge in [-0.3, -0.25) is 15.2 Å². The Balaban J connectivity index is 2.62. The monoisotopic (exact) mass is 269 g/mol. The second kappa shape index (κ2) is 6.21. The van der Waals surface area contributed by atoms with Crippen molar-refractivity contribution in [2.45, 2.75) is 46.1 Å². The largest absolute Gasteiger partial charge is 0.444 e. The van der Waals surface area contributed by atoms with Gasteiger partial charge < -0.3 is 9.47 Å². The van der Waals surface area contributed by atoms with Crippen LogP contribution in [-0.4, -0.2) is 27.9 Å². The standard InChI is InChI=1S/C12H19N3O4/c1-5-6-9(16)18-8-7-13-15-10(8)14-11(17)19-12(2,3)4/h7H,5-6H2,1-4H3,(H2,13,14,15,17). The Hall–Kier alpha value is -2.05. The van der Waals surface area contributed by atoms with Crippen molar-refractivity contribution in [1.82, 2.24) is 10.2 Å². The number of nitrogens with zero attached hydrogens (tertiary/aromatic N) is 1. The molecule has 0 atom stereocenters. The smallest absolute Gasteiger partial charge is 0.413 e. The molecule has 1 heterocycles. The van der Waals surface area contributed by atoms with E-state index in [1.807, 2.05) is 6.92 Å². The Morgan fingerprint density at radius 1 is 1.42 bits per heavy atom. The van der Waals surface area contributed by atoms with Gasteiger partial charge in [0, 0.05) is 6.42 Å². The lowest BCUT2D eigenvalue weighted by atomic mass is 10.2. The Labute approximate surface area is 111 Å². The van der Waals surface area contributed by atoms with Gasteiger partial charge in [0.25, 0.3) is 0 Å². The average molecular weight is 269 g/mol. The van der Waals surface area contributed by atoms with Crippen molar-refractivity contribution in [3.05, 3.63) is 6.20 Å². The molecule has 0 aliphatic carbocycles. The number of H-pyrrole nitrogens is 1. The van der Waals surface area contributed by atoms with E-state index in [-0.39, 0.29) is 17.5 Å². The first-order chi connectivity index (χ1) is 8.81. The molecule has 0 aliphatic rings. The highest BCUT2D eigenvalue weighted by atomic mass is 16.6. The summed E-state index contributed by atoms with van der Waals surface area (Å²) < 4.78 is 10.1. The first-order valence-electron chi connectivity index (χ1n) is 6.06. The third-order valence-electron chi connectivity index (χ3n) is 1.91. The van der Waals surface area contributed by atoms with E-state index >= 15 is 0 Å². The Morgan fingerprint density at radius 3 is 2.68 bits per heavy atom. The Kier molecular flexibility index (Phi) is 4.91. The van der Waals surface area contributed by atoms with E-state index in [4.69, 9.17) is 9.47 Å². The van der Waals surface area contributed by atoms with Crippen LogP contribution < -0.4 is 10.1 Å². The van der Waals surface area contributed by atoms with Crippen LogP contribution in [0.2, 0.25) is 0 Å². The predicted molar refractivity (Wildman–Crippen MR) is 69.0 cm³/mol. The van der Waals surface area contributed by atoms with Crippen molar-refractivity contribution < 1.29 is 19.1 Å². The molecule has 0 saturated carbocycles. The summed E-state index contributed by atoms with van der Waals surface area (Å²) >= 11 is 0. The average Bonchev–Trinajstić information content (AvgIpc) is 2.62. The number of carbonyl (C=O) groups is 2. The van der Waals surface area contributed by atoms with Crippen LogP contribution in [0.4, 0.5) is 10.6 Å². The molecular formula is C12H19N3O4. The molecule has 0 saturated heterocycles. The van der Waals surface area contributed by atoms with E-state index in [1.54, 1.807) is 20.8 Å². The van der Waals surface area contributed by atoms with Gasteiger partial charge in [0.15, 0.2) is 11.6 Å². The third kappa shape index (κ3) is 5.41. The number of carbonyl (C=O) groups excluding carboxylic acids is 2. The van der Waals surface area contributed by atoms with Gasteiger partial charge in [-0.15, -0.1) is 0 Å². The molecule has 1 rings (SSSR count). The SMILES string of the molecule is CCCC(=O)Oc1cn[nH]c1NC(=O)OC(C)(C)C. The summed E-state index contributed by atoms with van der Waals surface area (Å²) in [7, 11) is 0. The molecule has 1 aromatic rings. The number of rotatable bonds is 4. The number of hydrogen-bond donors (Lipinski definition) is 2. The summed E-state index contributed by atoms with van der Waals surface area (Å²) in [6.45, 7) is 7.13. The topological polar surface area (TPSA) is 93.3 Å². The van der Waals surface area contributed by atoms with E-state index in [9.17, 15) is 9.59 Å². The number of amides is 1. The number of aromatic amines is 1. The highest BCUT2D eigenvalue weighted by Crippen LogP contribution is 2.22. The van der Waals surface area contributed by atoms with Crippen LogP contribution in [0.1, 0.15) is 40.5 Å². The number of esters is 1. The molecule has 0 fully saturated rings. The lowest BCUT2D eigenvalue weighted by molar-refractivity contribution is -0.134. The summed E-state index contributed by atoms with van der Waals surface area (Å²) in [5.74, 6) is -0.0147. The van der Waals surface area contributed by atoms with Gasteiger partial charge in [-0.2, -0.15) is 5.10 Å². The first-order valence-corrected chi connectivity index (χ1v) is 6.06. The van der Waals surface area contributed by atoms with Crippen molar-refractivity contribution in [3.8, 4) is 5.75 Å². The molecule has 106 valence electrons. The maximum absolute atomic E-state index is 11.6. The van der Waals surface area contributed by atoms with Crippen molar-refractivity contribution in [2.24, 2.45) is 0 Å². The molecule has 1 amide bonds. The predicted octanol–water partition coefficient (Wildman–Crippen LogP) is 2.46. The molecule has 0 spiro atoms. The molecule has 0 bridgehead atoms. The highest BCUT2D eigenvalue weighted by Gasteiger charge is 2.19. The first kappa shape index (κ1) is 15.0. The fraction of sp³-hybridized carbons (Fsp3) is 0.583. The van der Waals surface area contributed by atoms with Gasteiger partial charge >= 0.3 is 12.1 Å². The van der Waals surface area contributed by atoms with Crippen LogP contribution in [0.15, 0.2) is 6.20 Å². The molecular weight excluding hydrogens is 250 g/mol. The molecule has 7 heteroatoms. The summed E-state index contributed by atoms with van der Waals surface area (Å²) in [5.41, 5.74) is -0.608. The zero-order chi connectivity index (χ0) is 14.5. The molecule has 19 heavy (non-hydrogen) atoms. The maximum atomic E-state index is 11.6. The van der Waals surface area contributed by atoms with Gasteiger partial charge in [-0.05, 0) is 27.2 Å². The van der Waals surface area contributed by atoms with Crippen molar-refractivity contribution in [1.29, 1.82) is 0 Å². The Morgan fingerprint density at radius 2 is 2.11 bits per heavy atom. The molecule has 2 N–H and O–H groups in total. The van der Waals surface area contributed by atoms with Crippen LogP contribution in [0, 0.1) is 0 Å². The molecule has 1 aromatic heterocycles. The summed E-state index contributed by atoms with van der Waals surface area (Å²) in [6, 6.07) is 0. The zero-order valence-corrected chi connectivity index (χ0v) is 11.6. The lowest BCUT2D eigenvalue weighted by Crippen LogP contribution is -2.27. The third-order valence-corrected chi connectivity index (χ3v) is 1.91. The number of aromatic nitrogens is 2. The second-order valence-electron chi connectivity index (χ2n) is 4.96. The van der Waals surface area contributed by atoms with E-state index in [0.717, 1.165) is 0 Å². The summed E-state index contributed by atoms with van der Waals surface area (Å²) in [5, 5.41) is 8.68. The van der Waals surface area contributed by atoms with Crippen LogP contribution in [0.3, 0.4) is 0 Å². The van der Waals surface area contributed by atoms with Gasteiger partial charge in [0.2, 0.25) is 0 Å². The number of anilines is 1. The van der Waals surface area contributed by atoms with E-state index in [1.165, 1.54) is 6.20 Å². The minimum absolute atomic E-state index is 0.171. The highest BCUT2D eigenvalue weighted by molar-refractivity contribution is 5.86. The van der Waals surface area contributed by atoms with E-state index < -0.39 is 11.7 Å². The van der Waals surface area contributed by atoms with Crippen LogP contribution >= 0.6 is 0 Å². The van der Waals surface area contributed by atoms with Crippen molar-refractivity contribution >= 4 is 17.9 Å². The quantitative estimate of drug-likeness (QED) is 0.819. The minimum atomic E-state index is -0.649. The fourth-order valence-corrected chi connectivity index (χ4v) is 1.23. The summed E-state index contributed by atoms with van der Waals surface area (Å²) in [6.07, 6.45) is 1.66. The van der Waals surface area contributed by atoms with Crippen molar-refractivity contribution in [2.75, 3.05) is 5.32 Å². The number of nitrogens with one attached hydrogen (secondary N) is 2. The number of ether oxygens (including phenoxy) is 2. The van der Waals surface area contributed by atoms with Crippen LogP contribution in [-0.2, 0) is 9.53 Å². The maximum Gasteiger partial charge on any atom is 0.413 e. The normalized spacial score (nSPS) is 10.9. The minimum Gasteiger partial charge on any atom is -0.444 e. The van der Waals surface area contributed by atoms with Crippen molar-refractivity contribution in [3.63, 3.8) is 0 Å². The van der Waals surface area contributed by atoms with E-state index in [0.29, 0.717) is 12.8 Å². The second-order valence-corrected chi connectivity index (χ2v) is 4.96. The van der Waals surface area contributed by atoms with Gasteiger partial charge in [-0.25, -0.2) is 4.79 Å². The van der Waals surface area contributed by atoms with Gasteiger partial charge in [0.05, 0.1) is 6.20 Å². The van der Waals surface area contributed by atoms with Gasteiger partial charge in [0.1, 0.15) is 5.60 Å². The van der Waals surface area contributed by atoms with E-state index in [2.05, 4.69) is 15.5 Å². The zero-order valence-electron chi connectivity index (χ0n) is 11.6. The fourth-order valence-electron chi connectivity index (χ4n) is 1.23.